The van der Waals surface area contributed by atoms with Crippen molar-refractivity contribution in [2.45, 2.75) is 25.7 Å². The van der Waals surface area contributed by atoms with Crippen molar-refractivity contribution in [2.24, 2.45) is 0 Å². The molecular weight excluding hydrogens is 223 g/mol. The number of hydrogen-bond acceptors (Lipinski definition) is 2. The molecule has 1 heterocycles. The number of carboxylic acid groups (broad SMARTS) is 1. The fraction of sp³-hybridized carbons (Fsp3) is 0.308. The van der Waals surface area contributed by atoms with Gasteiger partial charge >= 0.3 is 5.97 Å². The van der Waals surface area contributed by atoms with E-state index >= 15 is 0 Å². The first-order valence-electron chi connectivity index (χ1n) is 5.54. The Balaban J connectivity index is 2.37. The minimum atomic E-state index is -1.12. The molecule has 88 valence electrons. The molecule has 0 unspecified atom stereocenters. The molecular formula is C13H11FO3. The Morgan fingerprint density at radius 1 is 1.47 bits per heavy atom. The third kappa shape index (κ3) is 1.44. The first-order valence-corrected chi connectivity index (χ1v) is 5.54. The van der Waals surface area contributed by atoms with Gasteiger partial charge in [-0.3, -0.25) is 0 Å². The van der Waals surface area contributed by atoms with Gasteiger partial charge in [0.05, 0.1) is 0 Å². The van der Waals surface area contributed by atoms with Crippen LogP contribution in [0, 0.1) is 12.7 Å². The topological polar surface area (TPSA) is 50.4 Å². The number of benzene rings is 1. The average molecular weight is 234 g/mol. The van der Waals surface area contributed by atoms with E-state index in [0.717, 1.165) is 12.8 Å². The molecule has 1 aromatic carbocycles. The van der Waals surface area contributed by atoms with Gasteiger partial charge in [0.2, 0.25) is 5.76 Å². The monoisotopic (exact) mass is 234 g/mol. The first kappa shape index (κ1) is 10.3. The summed E-state index contributed by atoms with van der Waals surface area (Å²) in [5.41, 5.74) is 1.20. The molecule has 0 saturated heterocycles. The van der Waals surface area contributed by atoms with Crippen molar-refractivity contribution in [1.29, 1.82) is 0 Å². The van der Waals surface area contributed by atoms with Crippen molar-refractivity contribution in [1.82, 2.24) is 0 Å². The van der Waals surface area contributed by atoms with Crippen molar-refractivity contribution in [2.75, 3.05) is 0 Å². The molecule has 1 aliphatic carbocycles. The molecule has 3 rings (SSSR count). The third-order valence-corrected chi connectivity index (χ3v) is 3.21. The second kappa shape index (κ2) is 3.32. The minimum Gasteiger partial charge on any atom is -0.475 e. The van der Waals surface area contributed by atoms with Gasteiger partial charge < -0.3 is 9.52 Å². The molecule has 3 nitrogen and oxygen atoms in total. The van der Waals surface area contributed by atoms with Crippen LogP contribution in [0.5, 0.6) is 0 Å². The van der Waals surface area contributed by atoms with Crippen LogP contribution >= 0.6 is 0 Å². The maximum absolute atomic E-state index is 13.9. The summed E-state index contributed by atoms with van der Waals surface area (Å²) in [5.74, 6) is -1.48. The molecule has 0 atom stereocenters. The molecule has 0 aliphatic heterocycles. The second-order valence-corrected chi connectivity index (χ2v) is 4.50. The van der Waals surface area contributed by atoms with Crippen LogP contribution in [0.4, 0.5) is 4.39 Å². The highest BCUT2D eigenvalue weighted by Crippen LogP contribution is 2.46. The van der Waals surface area contributed by atoms with E-state index in [9.17, 15) is 9.18 Å². The van der Waals surface area contributed by atoms with Crippen LogP contribution in [0.2, 0.25) is 0 Å². The van der Waals surface area contributed by atoms with E-state index in [0.29, 0.717) is 16.5 Å². The number of carbonyl (C=O) groups is 1. The Morgan fingerprint density at radius 3 is 2.76 bits per heavy atom. The van der Waals surface area contributed by atoms with E-state index < -0.39 is 11.8 Å². The quantitative estimate of drug-likeness (QED) is 0.865. The van der Waals surface area contributed by atoms with Crippen LogP contribution in [0.15, 0.2) is 16.5 Å². The van der Waals surface area contributed by atoms with Crippen LogP contribution in [0.25, 0.3) is 11.0 Å². The number of aromatic carboxylic acids is 1. The van der Waals surface area contributed by atoms with Crippen LogP contribution in [-0.4, -0.2) is 11.1 Å². The lowest BCUT2D eigenvalue weighted by atomic mass is 10.0. The molecule has 1 saturated carbocycles. The summed E-state index contributed by atoms with van der Waals surface area (Å²) in [6.07, 6.45) is 1.90. The molecule has 0 spiro atoms. The molecule has 0 amide bonds. The molecule has 1 aliphatic rings. The van der Waals surface area contributed by atoms with E-state index in [1.807, 2.05) is 0 Å². The summed E-state index contributed by atoms with van der Waals surface area (Å²) < 4.78 is 19.1. The molecule has 1 aromatic heterocycles. The van der Waals surface area contributed by atoms with E-state index in [1.165, 1.54) is 0 Å². The van der Waals surface area contributed by atoms with Crippen molar-refractivity contribution >= 4 is 16.9 Å². The third-order valence-electron chi connectivity index (χ3n) is 3.21. The van der Waals surface area contributed by atoms with E-state index in [1.54, 1.807) is 19.1 Å². The lowest BCUT2D eigenvalue weighted by molar-refractivity contribution is 0.0663. The van der Waals surface area contributed by atoms with Crippen LogP contribution in [-0.2, 0) is 0 Å². The van der Waals surface area contributed by atoms with Gasteiger partial charge in [-0.1, -0.05) is 12.1 Å². The first-order chi connectivity index (χ1) is 8.09. The van der Waals surface area contributed by atoms with E-state index in [-0.39, 0.29) is 17.3 Å². The van der Waals surface area contributed by atoms with E-state index in [4.69, 9.17) is 9.52 Å². The van der Waals surface area contributed by atoms with Gasteiger partial charge in [-0.25, -0.2) is 9.18 Å². The minimum absolute atomic E-state index is 0.0734. The van der Waals surface area contributed by atoms with Crippen molar-refractivity contribution < 1.29 is 18.7 Å². The average Bonchev–Trinajstić information content (AvgIpc) is 3.04. The number of halogens is 1. The normalized spacial score (nSPS) is 15.4. The summed E-state index contributed by atoms with van der Waals surface area (Å²) in [6, 6.07) is 3.40. The smallest absolute Gasteiger partial charge is 0.372 e. The number of furan rings is 1. The Bertz CT molecular complexity index is 623. The van der Waals surface area contributed by atoms with Crippen LogP contribution in [0.1, 0.15) is 40.4 Å². The SMILES string of the molecule is Cc1ccc2c(C3CC3)c(C(=O)O)oc2c1F. The standard InChI is InChI=1S/C13H11FO3/c1-6-2-5-8-9(7-3-4-7)12(13(15)16)17-11(8)10(6)14/h2,5,7H,3-4H2,1H3,(H,15,16). The maximum atomic E-state index is 13.9. The molecule has 1 fully saturated rings. The zero-order valence-corrected chi connectivity index (χ0v) is 9.29. The Hall–Kier alpha value is -1.84. The predicted octanol–water partition coefficient (Wildman–Crippen LogP) is 3.46. The van der Waals surface area contributed by atoms with Crippen LogP contribution in [0.3, 0.4) is 0 Å². The Morgan fingerprint density at radius 2 is 2.18 bits per heavy atom. The Labute approximate surface area is 96.8 Å². The lowest BCUT2D eigenvalue weighted by Gasteiger charge is -1.97. The summed E-state index contributed by atoms with van der Waals surface area (Å²) in [4.78, 5) is 11.1. The summed E-state index contributed by atoms with van der Waals surface area (Å²) in [6.45, 7) is 1.63. The highest BCUT2D eigenvalue weighted by atomic mass is 19.1. The van der Waals surface area contributed by atoms with E-state index in [2.05, 4.69) is 0 Å². The fourth-order valence-corrected chi connectivity index (χ4v) is 2.18. The van der Waals surface area contributed by atoms with Crippen molar-refractivity contribution in [3.8, 4) is 0 Å². The summed E-state index contributed by atoms with van der Waals surface area (Å²) in [5, 5.41) is 9.69. The lowest BCUT2D eigenvalue weighted by Crippen LogP contribution is -1.97. The Kier molecular flexibility index (Phi) is 2.02. The largest absolute Gasteiger partial charge is 0.475 e. The molecule has 4 heteroatoms. The van der Waals surface area contributed by atoms with Gasteiger partial charge in [-0.05, 0) is 31.2 Å². The van der Waals surface area contributed by atoms with Gasteiger partial charge in [-0.2, -0.15) is 0 Å². The number of aryl methyl sites for hydroxylation is 1. The van der Waals surface area contributed by atoms with Gasteiger partial charge in [0, 0.05) is 10.9 Å². The zero-order valence-electron chi connectivity index (χ0n) is 9.29. The fourth-order valence-electron chi connectivity index (χ4n) is 2.18. The summed E-state index contributed by atoms with van der Waals surface area (Å²) >= 11 is 0. The predicted molar refractivity (Wildman–Crippen MR) is 59.8 cm³/mol. The number of hydrogen-bond donors (Lipinski definition) is 1. The number of fused-ring (bicyclic) bond motifs is 1. The molecule has 1 N–H and O–H groups in total. The molecule has 0 bridgehead atoms. The van der Waals surface area contributed by atoms with Gasteiger partial charge in [-0.15, -0.1) is 0 Å². The highest BCUT2D eigenvalue weighted by Gasteiger charge is 2.34. The molecule has 17 heavy (non-hydrogen) atoms. The van der Waals surface area contributed by atoms with Gasteiger partial charge in [0.15, 0.2) is 11.4 Å². The van der Waals surface area contributed by atoms with Gasteiger partial charge in [0.25, 0.3) is 0 Å². The van der Waals surface area contributed by atoms with Crippen molar-refractivity contribution in [3.05, 3.63) is 34.8 Å². The molecule has 2 aromatic rings. The van der Waals surface area contributed by atoms with Gasteiger partial charge in [0.1, 0.15) is 0 Å². The summed E-state index contributed by atoms with van der Waals surface area (Å²) in [7, 11) is 0. The van der Waals surface area contributed by atoms with Crippen LogP contribution < -0.4 is 0 Å². The van der Waals surface area contributed by atoms with Crippen molar-refractivity contribution in [3.63, 3.8) is 0 Å². The number of carboxylic acids is 1. The maximum Gasteiger partial charge on any atom is 0.372 e. The molecule has 0 radical (unpaired) electrons. The zero-order chi connectivity index (χ0) is 12.2. The number of rotatable bonds is 2. The highest BCUT2D eigenvalue weighted by molar-refractivity contribution is 5.96. The second-order valence-electron chi connectivity index (χ2n) is 4.50.